The SMILES string of the molecule is COc1cc(/C=C(\C#N)C(=O)Nc2nccs2)cc2c1OCCO2. The Balaban J connectivity index is 1.90. The van der Waals surface area contributed by atoms with Crippen LogP contribution in [0.1, 0.15) is 5.56 Å². The van der Waals surface area contributed by atoms with Crippen LogP contribution in [0.25, 0.3) is 6.08 Å². The highest BCUT2D eigenvalue weighted by Gasteiger charge is 2.19. The lowest BCUT2D eigenvalue weighted by atomic mass is 10.1. The molecule has 1 amide bonds. The highest BCUT2D eigenvalue weighted by atomic mass is 32.1. The van der Waals surface area contributed by atoms with Crippen LogP contribution in [0.15, 0.2) is 29.3 Å². The van der Waals surface area contributed by atoms with E-state index in [0.29, 0.717) is 41.2 Å². The van der Waals surface area contributed by atoms with Gasteiger partial charge in [-0.3, -0.25) is 10.1 Å². The first kappa shape index (κ1) is 15.8. The van der Waals surface area contributed by atoms with Crippen LogP contribution in [0.4, 0.5) is 5.13 Å². The molecule has 1 aromatic carbocycles. The van der Waals surface area contributed by atoms with E-state index in [0.717, 1.165) is 0 Å². The van der Waals surface area contributed by atoms with Gasteiger partial charge in [0.15, 0.2) is 16.6 Å². The van der Waals surface area contributed by atoms with Gasteiger partial charge < -0.3 is 14.2 Å². The van der Waals surface area contributed by atoms with Gasteiger partial charge in [-0.1, -0.05) is 0 Å². The van der Waals surface area contributed by atoms with Gasteiger partial charge in [0, 0.05) is 11.6 Å². The molecule has 0 unspecified atom stereocenters. The average Bonchev–Trinajstić information content (AvgIpc) is 3.11. The maximum absolute atomic E-state index is 12.2. The van der Waals surface area contributed by atoms with Crippen LogP contribution in [-0.2, 0) is 4.79 Å². The molecule has 1 aromatic heterocycles. The van der Waals surface area contributed by atoms with Gasteiger partial charge in [-0.2, -0.15) is 5.26 Å². The topological polar surface area (TPSA) is 93.5 Å². The summed E-state index contributed by atoms with van der Waals surface area (Å²) >= 11 is 1.27. The number of thiazole rings is 1. The van der Waals surface area contributed by atoms with Crippen molar-refractivity contribution in [3.8, 4) is 23.3 Å². The Hall–Kier alpha value is -3.05. The van der Waals surface area contributed by atoms with Crippen LogP contribution in [0, 0.1) is 11.3 Å². The van der Waals surface area contributed by atoms with Gasteiger partial charge in [0.2, 0.25) is 5.75 Å². The van der Waals surface area contributed by atoms with E-state index >= 15 is 0 Å². The number of amides is 1. The zero-order valence-corrected chi connectivity index (χ0v) is 13.6. The van der Waals surface area contributed by atoms with E-state index in [-0.39, 0.29) is 5.57 Å². The predicted octanol–water partition coefficient (Wildman–Crippen LogP) is 2.47. The molecule has 1 N–H and O–H groups in total. The molecule has 3 rings (SSSR count). The average molecular weight is 343 g/mol. The normalized spacial score (nSPS) is 13.1. The molecule has 0 saturated heterocycles. The molecule has 24 heavy (non-hydrogen) atoms. The Morgan fingerprint density at radius 3 is 3.00 bits per heavy atom. The van der Waals surface area contributed by atoms with Crippen molar-refractivity contribution < 1.29 is 19.0 Å². The maximum atomic E-state index is 12.2. The molecule has 0 fully saturated rings. The number of hydrogen-bond acceptors (Lipinski definition) is 7. The highest BCUT2D eigenvalue weighted by Crippen LogP contribution is 2.40. The van der Waals surface area contributed by atoms with E-state index in [9.17, 15) is 10.1 Å². The van der Waals surface area contributed by atoms with Crippen molar-refractivity contribution in [3.63, 3.8) is 0 Å². The molecule has 2 heterocycles. The van der Waals surface area contributed by atoms with Gasteiger partial charge in [-0.15, -0.1) is 11.3 Å². The standard InChI is InChI=1S/C16H13N3O4S/c1-21-12-7-10(8-13-14(12)23-4-3-22-13)6-11(9-17)15(20)19-16-18-2-5-24-16/h2,5-8H,3-4H2,1H3,(H,18,19,20)/b11-6+. The second-order valence-electron chi connectivity index (χ2n) is 4.71. The summed E-state index contributed by atoms with van der Waals surface area (Å²) in [6.07, 6.45) is 3.03. The molecule has 0 atom stereocenters. The van der Waals surface area contributed by atoms with Crippen molar-refractivity contribution in [2.24, 2.45) is 0 Å². The number of benzene rings is 1. The monoisotopic (exact) mass is 343 g/mol. The molecular formula is C16H13N3O4S. The molecule has 7 nitrogen and oxygen atoms in total. The fraction of sp³-hybridized carbons (Fsp3) is 0.188. The van der Waals surface area contributed by atoms with Crippen LogP contribution in [0.3, 0.4) is 0 Å². The number of anilines is 1. The molecular weight excluding hydrogens is 330 g/mol. The smallest absolute Gasteiger partial charge is 0.268 e. The summed E-state index contributed by atoms with van der Waals surface area (Å²) in [4.78, 5) is 16.1. The number of carbonyl (C=O) groups excluding carboxylic acids is 1. The van der Waals surface area contributed by atoms with Gasteiger partial charge in [0.1, 0.15) is 24.9 Å². The summed E-state index contributed by atoms with van der Waals surface area (Å²) < 4.78 is 16.4. The first-order valence-corrected chi connectivity index (χ1v) is 7.89. The largest absolute Gasteiger partial charge is 0.493 e. The van der Waals surface area contributed by atoms with Crippen molar-refractivity contribution in [3.05, 3.63) is 34.8 Å². The van der Waals surface area contributed by atoms with Crippen molar-refractivity contribution in [2.75, 3.05) is 25.6 Å². The summed E-state index contributed by atoms with van der Waals surface area (Å²) in [7, 11) is 1.52. The van der Waals surface area contributed by atoms with Gasteiger partial charge in [-0.25, -0.2) is 4.98 Å². The molecule has 2 aromatic rings. The van der Waals surface area contributed by atoms with Gasteiger partial charge in [0.05, 0.1) is 7.11 Å². The fourth-order valence-electron chi connectivity index (χ4n) is 2.14. The zero-order valence-electron chi connectivity index (χ0n) is 12.7. The number of methoxy groups -OCH3 is 1. The first-order valence-electron chi connectivity index (χ1n) is 7.01. The fourth-order valence-corrected chi connectivity index (χ4v) is 2.67. The van der Waals surface area contributed by atoms with Crippen molar-refractivity contribution in [1.29, 1.82) is 5.26 Å². The quantitative estimate of drug-likeness (QED) is 0.677. The second-order valence-corrected chi connectivity index (χ2v) is 5.60. The van der Waals surface area contributed by atoms with Crippen LogP contribution >= 0.6 is 11.3 Å². The van der Waals surface area contributed by atoms with Crippen LogP contribution in [-0.4, -0.2) is 31.2 Å². The van der Waals surface area contributed by atoms with Crippen molar-refractivity contribution in [1.82, 2.24) is 4.98 Å². The van der Waals surface area contributed by atoms with E-state index in [1.807, 2.05) is 6.07 Å². The molecule has 8 heteroatoms. The Morgan fingerprint density at radius 1 is 1.46 bits per heavy atom. The van der Waals surface area contributed by atoms with E-state index in [1.54, 1.807) is 23.7 Å². The Morgan fingerprint density at radius 2 is 2.29 bits per heavy atom. The minimum Gasteiger partial charge on any atom is -0.493 e. The van der Waals surface area contributed by atoms with E-state index in [1.165, 1.54) is 24.5 Å². The van der Waals surface area contributed by atoms with Crippen LogP contribution in [0.2, 0.25) is 0 Å². The van der Waals surface area contributed by atoms with Crippen LogP contribution in [0.5, 0.6) is 17.2 Å². The molecule has 0 bridgehead atoms. The minimum absolute atomic E-state index is 0.0519. The van der Waals surface area contributed by atoms with Gasteiger partial charge in [-0.05, 0) is 23.8 Å². The first-order chi connectivity index (χ1) is 11.7. The third kappa shape index (κ3) is 3.31. The summed E-state index contributed by atoms with van der Waals surface area (Å²) in [6.45, 7) is 0.872. The number of hydrogen-bond donors (Lipinski definition) is 1. The minimum atomic E-state index is -0.527. The maximum Gasteiger partial charge on any atom is 0.268 e. The molecule has 0 spiro atoms. The summed E-state index contributed by atoms with van der Waals surface area (Å²) in [5, 5.41) is 14.0. The van der Waals surface area contributed by atoms with Crippen molar-refractivity contribution >= 4 is 28.5 Å². The molecule has 1 aliphatic heterocycles. The van der Waals surface area contributed by atoms with Gasteiger partial charge >= 0.3 is 0 Å². The van der Waals surface area contributed by atoms with Gasteiger partial charge in [0.25, 0.3) is 5.91 Å². The lowest BCUT2D eigenvalue weighted by Crippen LogP contribution is -2.16. The second kappa shape index (κ2) is 7.02. The lowest BCUT2D eigenvalue weighted by molar-refractivity contribution is -0.112. The molecule has 0 saturated carbocycles. The predicted molar refractivity (Wildman–Crippen MR) is 88.3 cm³/mol. The number of ether oxygens (including phenoxy) is 3. The molecule has 1 aliphatic rings. The summed E-state index contributed by atoms with van der Waals surface area (Å²) in [5.74, 6) is 0.994. The van der Waals surface area contributed by atoms with E-state index in [2.05, 4.69) is 10.3 Å². The van der Waals surface area contributed by atoms with Crippen molar-refractivity contribution in [2.45, 2.75) is 0 Å². The van der Waals surface area contributed by atoms with Crippen LogP contribution < -0.4 is 19.5 Å². The third-order valence-electron chi connectivity index (χ3n) is 3.18. The zero-order chi connectivity index (χ0) is 16.9. The number of carbonyl (C=O) groups is 1. The Kier molecular flexibility index (Phi) is 4.63. The number of aromatic nitrogens is 1. The Labute approximate surface area is 142 Å². The summed E-state index contributed by atoms with van der Waals surface area (Å²) in [5.41, 5.74) is 0.547. The molecule has 122 valence electrons. The third-order valence-corrected chi connectivity index (χ3v) is 3.87. The molecule has 0 radical (unpaired) electrons. The Bertz CT molecular complexity index is 807. The van der Waals surface area contributed by atoms with E-state index < -0.39 is 5.91 Å². The number of rotatable bonds is 4. The number of nitriles is 1. The lowest BCUT2D eigenvalue weighted by Gasteiger charge is -2.21. The number of fused-ring (bicyclic) bond motifs is 1. The van der Waals surface area contributed by atoms with E-state index in [4.69, 9.17) is 14.2 Å². The summed E-state index contributed by atoms with van der Waals surface area (Å²) in [6, 6.07) is 5.27. The number of nitrogens with zero attached hydrogens (tertiary/aromatic N) is 2. The highest BCUT2D eigenvalue weighted by molar-refractivity contribution is 7.13. The number of nitrogens with one attached hydrogen (secondary N) is 1. The molecule has 0 aliphatic carbocycles.